The first-order valence-electron chi connectivity index (χ1n) is 7.63. The number of benzene rings is 1. The molecule has 1 aliphatic rings. The molecule has 0 spiro atoms. The minimum absolute atomic E-state index is 0.0711. The molecule has 0 saturated heterocycles. The fourth-order valence-electron chi connectivity index (χ4n) is 2.96. The van der Waals surface area contributed by atoms with Crippen molar-refractivity contribution in [1.29, 1.82) is 0 Å². The molecule has 0 atom stereocenters. The minimum atomic E-state index is 0.0711. The molecule has 0 fully saturated rings. The Hall–Kier alpha value is -1.87. The van der Waals surface area contributed by atoms with E-state index in [9.17, 15) is 4.79 Å². The molecule has 22 heavy (non-hydrogen) atoms. The molecule has 4 heteroatoms. The minimum Gasteiger partial charge on any atom is -0.293 e. The molecule has 0 N–H and O–H groups in total. The van der Waals surface area contributed by atoms with Crippen LogP contribution in [-0.4, -0.2) is 15.4 Å². The Morgan fingerprint density at radius 2 is 2.09 bits per heavy atom. The summed E-state index contributed by atoms with van der Waals surface area (Å²) in [5, 5.41) is 0. The van der Waals surface area contributed by atoms with Gasteiger partial charge in [-0.3, -0.25) is 9.36 Å². The lowest BCUT2D eigenvalue weighted by molar-refractivity contribution is 0.572. The zero-order chi connectivity index (χ0) is 15.5. The van der Waals surface area contributed by atoms with Gasteiger partial charge in [-0.2, -0.15) is 0 Å². The van der Waals surface area contributed by atoms with E-state index < -0.39 is 0 Å². The number of hydrogen-bond acceptors (Lipinski definition) is 2. The summed E-state index contributed by atoms with van der Waals surface area (Å²) < 4.78 is 1.81. The van der Waals surface area contributed by atoms with Gasteiger partial charge in [-0.15, -0.1) is 11.6 Å². The average Bonchev–Trinajstić information content (AvgIpc) is 2.53. The summed E-state index contributed by atoms with van der Waals surface area (Å²) in [4.78, 5) is 17.4. The van der Waals surface area contributed by atoms with Crippen molar-refractivity contribution in [1.82, 2.24) is 9.55 Å². The first-order chi connectivity index (χ1) is 10.7. The molecule has 2 aromatic rings. The quantitative estimate of drug-likeness (QED) is 0.810. The average molecular weight is 315 g/mol. The van der Waals surface area contributed by atoms with Crippen LogP contribution in [0.25, 0.3) is 11.6 Å². The molecule has 2 heterocycles. The van der Waals surface area contributed by atoms with E-state index in [4.69, 9.17) is 16.6 Å². The van der Waals surface area contributed by atoms with Crippen molar-refractivity contribution in [2.24, 2.45) is 0 Å². The summed E-state index contributed by atoms with van der Waals surface area (Å²) in [5.74, 6) is 1.26. The molecular formula is C18H19ClN2O. The molecule has 0 aliphatic carbocycles. The predicted molar refractivity (Wildman–Crippen MR) is 91.2 cm³/mol. The summed E-state index contributed by atoms with van der Waals surface area (Å²) in [5.41, 5.74) is 3.90. The second-order valence-electron chi connectivity index (χ2n) is 5.58. The van der Waals surface area contributed by atoms with Crippen LogP contribution in [0.4, 0.5) is 0 Å². The van der Waals surface area contributed by atoms with Crippen molar-refractivity contribution in [3.05, 3.63) is 63.3 Å². The number of nitrogens with zero attached hydrogens (tertiary/aromatic N) is 2. The first kappa shape index (κ1) is 15.0. The van der Waals surface area contributed by atoms with Crippen molar-refractivity contribution in [3.63, 3.8) is 0 Å². The summed E-state index contributed by atoms with van der Waals surface area (Å²) >= 11 is 5.81. The van der Waals surface area contributed by atoms with Gasteiger partial charge in [-0.25, -0.2) is 4.98 Å². The zero-order valence-electron chi connectivity index (χ0n) is 12.7. The number of aryl methyl sites for hydroxylation is 1. The van der Waals surface area contributed by atoms with E-state index in [1.54, 1.807) is 0 Å². The standard InChI is InChI=1S/C18H19ClN2O/c1-13-16(9-10-19)18(22)21-11-5-8-15(17(21)20-13)12-14-6-3-2-4-7-14/h2-4,6-7,12H,5,8-11H2,1H3/b15-12+. The molecule has 114 valence electrons. The summed E-state index contributed by atoms with van der Waals surface area (Å²) in [6.07, 6.45) is 4.64. The van der Waals surface area contributed by atoms with Crippen LogP contribution in [0.1, 0.15) is 35.5 Å². The van der Waals surface area contributed by atoms with Crippen molar-refractivity contribution >= 4 is 23.3 Å². The van der Waals surface area contributed by atoms with Crippen LogP contribution < -0.4 is 5.56 Å². The van der Waals surface area contributed by atoms with Gasteiger partial charge in [0.25, 0.3) is 5.56 Å². The monoisotopic (exact) mass is 314 g/mol. The van der Waals surface area contributed by atoms with Crippen molar-refractivity contribution in [2.75, 3.05) is 5.88 Å². The van der Waals surface area contributed by atoms with Gasteiger partial charge in [0.2, 0.25) is 0 Å². The number of aromatic nitrogens is 2. The third-order valence-corrected chi connectivity index (χ3v) is 4.26. The molecule has 0 radical (unpaired) electrons. The van der Waals surface area contributed by atoms with Crippen molar-refractivity contribution in [2.45, 2.75) is 32.7 Å². The largest absolute Gasteiger partial charge is 0.293 e. The van der Waals surface area contributed by atoms with E-state index in [1.807, 2.05) is 29.7 Å². The molecule has 1 aromatic carbocycles. The number of alkyl halides is 1. The number of rotatable bonds is 3. The molecule has 3 rings (SSSR count). The van der Waals surface area contributed by atoms with Crippen LogP contribution in [0.3, 0.4) is 0 Å². The van der Waals surface area contributed by atoms with Gasteiger partial charge in [-0.05, 0) is 43.4 Å². The summed E-state index contributed by atoms with van der Waals surface area (Å²) in [7, 11) is 0. The van der Waals surface area contributed by atoms with Crippen LogP contribution in [0.2, 0.25) is 0 Å². The summed E-state index contributed by atoms with van der Waals surface area (Å²) in [6.45, 7) is 2.64. The van der Waals surface area contributed by atoms with Crippen LogP contribution in [0.15, 0.2) is 35.1 Å². The highest BCUT2D eigenvalue weighted by atomic mass is 35.5. The van der Waals surface area contributed by atoms with E-state index >= 15 is 0 Å². The Labute approximate surface area is 135 Å². The molecule has 0 amide bonds. The van der Waals surface area contributed by atoms with Crippen LogP contribution in [0.5, 0.6) is 0 Å². The van der Waals surface area contributed by atoms with Crippen molar-refractivity contribution in [3.8, 4) is 0 Å². The molecule has 0 saturated carbocycles. The normalized spacial score (nSPS) is 15.8. The molecule has 3 nitrogen and oxygen atoms in total. The van der Waals surface area contributed by atoms with E-state index in [0.717, 1.165) is 47.6 Å². The van der Waals surface area contributed by atoms with Gasteiger partial charge in [0, 0.05) is 23.7 Å². The Morgan fingerprint density at radius 3 is 2.82 bits per heavy atom. The Morgan fingerprint density at radius 1 is 1.32 bits per heavy atom. The molecule has 0 bridgehead atoms. The Kier molecular flexibility index (Phi) is 4.44. The molecule has 0 unspecified atom stereocenters. The highest BCUT2D eigenvalue weighted by Gasteiger charge is 2.20. The van der Waals surface area contributed by atoms with Gasteiger partial charge >= 0.3 is 0 Å². The predicted octanol–water partition coefficient (Wildman–Crippen LogP) is 3.67. The van der Waals surface area contributed by atoms with Crippen molar-refractivity contribution < 1.29 is 0 Å². The lowest BCUT2D eigenvalue weighted by atomic mass is 10.0. The van der Waals surface area contributed by atoms with Gasteiger partial charge in [-0.1, -0.05) is 30.3 Å². The first-order valence-corrected chi connectivity index (χ1v) is 8.16. The number of fused-ring (bicyclic) bond motifs is 1. The Bertz CT molecular complexity index is 763. The zero-order valence-corrected chi connectivity index (χ0v) is 13.4. The van der Waals surface area contributed by atoms with E-state index in [1.165, 1.54) is 0 Å². The Balaban J connectivity index is 2.11. The van der Waals surface area contributed by atoms with Crippen LogP contribution >= 0.6 is 11.6 Å². The highest BCUT2D eigenvalue weighted by molar-refractivity contribution is 6.18. The number of allylic oxidation sites excluding steroid dienone is 1. The second-order valence-corrected chi connectivity index (χ2v) is 5.96. The fraction of sp³-hybridized carbons (Fsp3) is 0.333. The summed E-state index contributed by atoms with van der Waals surface area (Å²) in [6, 6.07) is 10.2. The topological polar surface area (TPSA) is 34.9 Å². The molecule has 1 aromatic heterocycles. The smallest absolute Gasteiger partial charge is 0.257 e. The maximum atomic E-state index is 12.7. The second kappa shape index (κ2) is 6.49. The molecule has 1 aliphatic heterocycles. The third kappa shape index (κ3) is 2.86. The highest BCUT2D eigenvalue weighted by Crippen LogP contribution is 2.26. The third-order valence-electron chi connectivity index (χ3n) is 4.07. The van der Waals surface area contributed by atoms with E-state index in [-0.39, 0.29) is 5.56 Å². The van der Waals surface area contributed by atoms with E-state index in [2.05, 4.69) is 18.2 Å². The lowest BCUT2D eigenvalue weighted by Crippen LogP contribution is -2.31. The van der Waals surface area contributed by atoms with Gasteiger partial charge < -0.3 is 0 Å². The fourth-order valence-corrected chi connectivity index (χ4v) is 3.15. The van der Waals surface area contributed by atoms with E-state index in [0.29, 0.717) is 12.3 Å². The van der Waals surface area contributed by atoms with Crippen LogP contribution in [-0.2, 0) is 13.0 Å². The maximum Gasteiger partial charge on any atom is 0.257 e. The van der Waals surface area contributed by atoms with Gasteiger partial charge in [0.1, 0.15) is 5.82 Å². The number of halogens is 1. The lowest BCUT2D eigenvalue weighted by Gasteiger charge is -2.22. The molecular weight excluding hydrogens is 296 g/mol. The maximum absolute atomic E-state index is 12.7. The van der Waals surface area contributed by atoms with Gasteiger partial charge in [0.15, 0.2) is 0 Å². The number of hydrogen-bond donors (Lipinski definition) is 0. The van der Waals surface area contributed by atoms with Crippen LogP contribution in [0, 0.1) is 6.92 Å². The van der Waals surface area contributed by atoms with Gasteiger partial charge in [0.05, 0.1) is 0 Å². The SMILES string of the molecule is Cc1nc2n(c(=O)c1CCCl)CCC/C2=C\c1ccccc1.